The van der Waals surface area contributed by atoms with E-state index in [4.69, 9.17) is 4.74 Å². The highest BCUT2D eigenvalue weighted by Crippen LogP contribution is 2.26. The van der Waals surface area contributed by atoms with Gasteiger partial charge in [0.05, 0.1) is 18.0 Å². The van der Waals surface area contributed by atoms with Crippen LogP contribution in [0.2, 0.25) is 0 Å². The summed E-state index contributed by atoms with van der Waals surface area (Å²) in [5, 5.41) is 0. The normalized spacial score (nSPS) is 13.1. The summed E-state index contributed by atoms with van der Waals surface area (Å²) < 4.78 is 5.67. The van der Waals surface area contributed by atoms with E-state index >= 15 is 0 Å². The maximum atomic E-state index is 12.9. The number of rotatable bonds is 13. The predicted octanol–water partition coefficient (Wildman–Crippen LogP) is 8.62. The third-order valence-electron chi connectivity index (χ3n) is 5.92. The minimum Gasteiger partial charge on any atom is -0.449 e. The van der Waals surface area contributed by atoms with E-state index in [1.54, 1.807) is 4.90 Å². The van der Waals surface area contributed by atoms with Crippen LogP contribution in [0.5, 0.6) is 0 Å². The van der Waals surface area contributed by atoms with E-state index in [-0.39, 0.29) is 6.09 Å². The van der Waals surface area contributed by atoms with Gasteiger partial charge in [0, 0.05) is 0 Å². The van der Waals surface area contributed by atoms with Crippen molar-refractivity contribution in [2.45, 2.75) is 72.6 Å². The van der Waals surface area contributed by atoms with E-state index in [2.05, 4.69) is 27.7 Å². The maximum absolute atomic E-state index is 12.9. The zero-order valence-electron chi connectivity index (χ0n) is 19.9. The summed E-state index contributed by atoms with van der Waals surface area (Å²) in [6, 6.07) is 19.4. The molecule has 0 heterocycles. The molecule has 0 aliphatic rings. The fourth-order valence-electron chi connectivity index (χ4n) is 3.90. The van der Waals surface area contributed by atoms with Gasteiger partial charge < -0.3 is 4.74 Å². The number of nitrogens with zero attached hydrogens (tertiary/aromatic N) is 1. The van der Waals surface area contributed by atoms with E-state index in [1.807, 2.05) is 60.7 Å². The molecule has 2 aromatic carbocycles. The molecular weight excluding hydrogens is 382 g/mol. The number of anilines is 2. The van der Waals surface area contributed by atoms with Gasteiger partial charge in [-0.05, 0) is 48.4 Å². The Hall–Kier alpha value is -2.29. The lowest BCUT2D eigenvalue weighted by Crippen LogP contribution is -2.27. The Morgan fingerprint density at radius 3 is 1.65 bits per heavy atom. The molecule has 3 heteroatoms. The lowest BCUT2D eigenvalue weighted by atomic mass is 9.93. The monoisotopic (exact) mass is 423 g/mol. The van der Waals surface area contributed by atoms with Crippen LogP contribution in [0.3, 0.4) is 0 Å². The number of benzene rings is 2. The van der Waals surface area contributed by atoms with Crippen molar-refractivity contribution in [1.29, 1.82) is 0 Å². The quantitative estimate of drug-likeness (QED) is 0.323. The SMILES string of the molecule is CC(C)CCCC(C)CCCC(C)CCOC(=O)N(c1ccccc1)c1ccccc1. The summed E-state index contributed by atoms with van der Waals surface area (Å²) in [6.45, 7) is 9.72. The van der Waals surface area contributed by atoms with Gasteiger partial charge in [-0.15, -0.1) is 0 Å². The van der Waals surface area contributed by atoms with Crippen LogP contribution in [-0.4, -0.2) is 12.7 Å². The Labute approximate surface area is 189 Å². The molecule has 2 rings (SSSR count). The second kappa shape index (κ2) is 13.9. The van der Waals surface area contributed by atoms with E-state index in [1.165, 1.54) is 38.5 Å². The molecule has 0 aliphatic carbocycles. The highest BCUT2D eigenvalue weighted by molar-refractivity contribution is 5.95. The number of amides is 1. The van der Waals surface area contributed by atoms with Crippen molar-refractivity contribution >= 4 is 17.5 Å². The molecule has 0 bridgehead atoms. The van der Waals surface area contributed by atoms with E-state index in [9.17, 15) is 4.79 Å². The maximum Gasteiger partial charge on any atom is 0.418 e. The number of para-hydroxylation sites is 2. The van der Waals surface area contributed by atoms with Crippen LogP contribution in [0.25, 0.3) is 0 Å². The zero-order valence-corrected chi connectivity index (χ0v) is 19.9. The summed E-state index contributed by atoms with van der Waals surface area (Å²) in [4.78, 5) is 14.5. The standard InChI is InChI=1S/C28H41NO2/c1-23(2)13-11-14-24(3)15-12-16-25(4)21-22-31-28(30)29(26-17-7-5-8-18-26)27-19-9-6-10-20-27/h5-10,17-20,23-25H,11-16,21-22H2,1-4H3. The van der Waals surface area contributed by atoms with Crippen LogP contribution in [-0.2, 0) is 4.74 Å². The van der Waals surface area contributed by atoms with Gasteiger partial charge >= 0.3 is 6.09 Å². The molecule has 0 spiro atoms. The molecule has 0 aromatic heterocycles. The Balaban J connectivity index is 1.74. The molecule has 0 N–H and O–H groups in total. The van der Waals surface area contributed by atoms with Gasteiger partial charge in [0.25, 0.3) is 0 Å². The van der Waals surface area contributed by atoms with Crippen LogP contribution in [0.4, 0.5) is 16.2 Å². The summed E-state index contributed by atoms with van der Waals surface area (Å²) in [7, 11) is 0. The lowest BCUT2D eigenvalue weighted by molar-refractivity contribution is 0.148. The fraction of sp³-hybridized carbons (Fsp3) is 0.536. The largest absolute Gasteiger partial charge is 0.449 e. The van der Waals surface area contributed by atoms with Crippen molar-refractivity contribution in [3.8, 4) is 0 Å². The summed E-state index contributed by atoms with van der Waals surface area (Å²) in [6.07, 6.45) is 8.40. The number of hydrogen-bond acceptors (Lipinski definition) is 2. The smallest absolute Gasteiger partial charge is 0.418 e. The third kappa shape index (κ3) is 9.59. The second-order valence-corrected chi connectivity index (χ2v) is 9.38. The number of carbonyl (C=O) groups excluding carboxylic acids is 1. The van der Waals surface area contributed by atoms with Gasteiger partial charge in [0.15, 0.2) is 0 Å². The minimum atomic E-state index is -0.316. The van der Waals surface area contributed by atoms with Crippen molar-refractivity contribution in [1.82, 2.24) is 0 Å². The van der Waals surface area contributed by atoms with Gasteiger partial charge in [0.1, 0.15) is 0 Å². The topological polar surface area (TPSA) is 29.5 Å². The summed E-state index contributed by atoms with van der Waals surface area (Å²) in [5.74, 6) is 2.20. The van der Waals surface area contributed by atoms with Crippen molar-refractivity contribution in [2.24, 2.45) is 17.8 Å². The van der Waals surface area contributed by atoms with Gasteiger partial charge in [-0.3, -0.25) is 0 Å². The van der Waals surface area contributed by atoms with Crippen LogP contribution < -0.4 is 4.90 Å². The van der Waals surface area contributed by atoms with E-state index in [0.717, 1.165) is 29.6 Å². The van der Waals surface area contributed by atoms with Crippen molar-refractivity contribution < 1.29 is 9.53 Å². The molecule has 170 valence electrons. The Morgan fingerprint density at radius 2 is 1.16 bits per heavy atom. The van der Waals surface area contributed by atoms with Crippen molar-refractivity contribution in [3.63, 3.8) is 0 Å². The molecule has 31 heavy (non-hydrogen) atoms. The Morgan fingerprint density at radius 1 is 0.710 bits per heavy atom. The van der Waals surface area contributed by atoms with Gasteiger partial charge in [-0.2, -0.15) is 0 Å². The van der Waals surface area contributed by atoms with Crippen LogP contribution >= 0.6 is 0 Å². The molecular formula is C28H41NO2. The first kappa shape index (κ1) is 25.0. The summed E-state index contributed by atoms with van der Waals surface area (Å²) in [5.41, 5.74) is 1.64. The van der Waals surface area contributed by atoms with E-state index < -0.39 is 0 Å². The molecule has 0 aliphatic heterocycles. The molecule has 0 fully saturated rings. The molecule has 0 saturated heterocycles. The first-order chi connectivity index (χ1) is 15.0. The number of carbonyl (C=O) groups is 1. The summed E-state index contributed by atoms with van der Waals surface area (Å²) >= 11 is 0. The van der Waals surface area contributed by atoms with Gasteiger partial charge in [0.2, 0.25) is 0 Å². The van der Waals surface area contributed by atoms with Gasteiger partial charge in [-0.1, -0.05) is 103 Å². The van der Waals surface area contributed by atoms with Crippen LogP contribution in [0.15, 0.2) is 60.7 Å². The zero-order chi connectivity index (χ0) is 22.5. The number of hydrogen-bond donors (Lipinski definition) is 0. The molecule has 2 unspecified atom stereocenters. The minimum absolute atomic E-state index is 0.316. The second-order valence-electron chi connectivity index (χ2n) is 9.38. The average molecular weight is 424 g/mol. The molecule has 1 amide bonds. The first-order valence-electron chi connectivity index (χ1n) is 12.0. The molecule has 0 saturated carbocycles. The third-order valence-corrected chi connectivity index (χ3v) is 5.92. The van der Waals surface area contributed by atoms with E-state index in [0.29, 0.717) is 12.5 Å². The Kier molecular flexibility index (Phi) is 11.2. The highest BCUT2D eigenvalue weighted by Gasteiger charge is 2.19. The molecule has 0 radical (unpaired) electrons. The molecule has 2 aromatic rings. The molecule has 2 atom stereocenters. The Bertz CT molecular complexity index is 690. The van der Waals surface area contributed by atoms with Crippen molar-refractivity contribution in [2.75, 3.05) is 11.5 Å². The number of ether oxygens (including phenoxy) is 1. The van der Waals surface area contributed by atoms with Gasteiger partial charge in [-0.25, -0.2) is 9.69 Å². The van der Waals surface area contributed by atoms with Crippen LogP contribution in [0, 0.1) is 17.8 Å². The fourth-order valence-corrected chi connectivity index (χ4v) is 3.90. The highest BCUT2D eigenvalue weighted by atomic mass is 16.6. The predicted molar refractivity (Wildman–Crippen MR) is 132 cm³/mol. The van der Waals surface area contributed by atoms with Crippen LogP contribution in [0.1, 0.15) is 72.6 Å². The lowest BCUT2D eigenvalue weighted by Gasteiger charge is -2.23. The average Bonchev–Trinajstić information content (AvgIpc) is 2.75. The first-order valence-corrected chi connectivity index (χ1v) is 12.0. The van der Waals surface area contributed by atoms with Crippen molar-refractivity contribution in [3.05, 3.63) is 60.7 Å². The molecule has 3 nitrogen and oxygen atoms in total.